The highest BCUT2D eigenvalue weighted by Gasteiger charge is 2.06. The van der Waals surface area contributed by atoms with E-state index in [9.17, 15) is 9.90 Å². The van der Waals surface area contributed by atoms with Gasteiger partial charge in [0, 0.05) is 11.1 Å². The molecule has 0 heterocycles. The Morgan fingerprint density at radius 2 is 2.09 bits per heavy atom. The smallest absolute Gasteiger partial charge is 0.271 e. The lowest BCUT2D eigenvalue weighted by Crippen LogP contribution is -2.18. The van der Waals surface area contributed by atoms with Crippen LogP contribution in [0.3, 0.4) is 0 Å². The molecule has 0 radical (unpaired) electrons. The van der Waals surface area contributed by atoms with Gasteiger partial charge in [-0.1, -0.05) is 18.2 Å². The number of carbonyl (C=O) groups excluding carboxylic acids is 1. The van der Waals surface area contributed by atoms with Gasteiger partial charge in [-0.05, 0) is 43.7 Å². The molecule has 0 unspecified atom stereocenters. The second-order valence-corrected chi connectivity index (χ2v) is 4.67. The Morgan fingerprint density at radius 1 is 1.32 bits per heavy atom. The summed E-state index contributed by atoms with van der Waals surface area (Å²) < 4.78 is 5.35. The van der Waals surface area contributed by atoms with Gasteiger partial charge >= 0.3 is 0 Å². The predicted octanol–water partition coefficient (Wildman–Crippen LogP) is 2.86. The summed E-state index contributed by atoms with van der Waals surface area (Å²) in [4.78, 5) is 12.0. The maximum atomic E-state index is 12.0. The first-order valence-electron chi connectivity index (χ1n) is 6.96. The topological polar surface area (TPSA) is 70.9 Å². The van der Waals surface area contributed by atoms with Crippen molar-refractivity contribution in [2.45, 2.75) is 13.8 Å². The zero-order valence-corrected chi connectivity index (χ0v) is 12.5. The van der Waals surface area contributed by atoms with E-state index in [-0.39, 0.29) is 11.7 Å². The van der Waals surface area contributed by atoms with Crippen molar-refractivity contribution in [3.8, 4) is 11.5 Å². The highest BCUT2D eigenvalue weighted by atomic mass is 16.5. The molecule has 22 heavy (non-hydrogen) atoms. The number of aryl methyl sites for hydroxylation is 1. The van der Waals surface area contributed by atoms with Gasteiger partial charge in [0.1, 0.15) is 11.5 Å². The number of carbonyl (C=O) groups is 1. The van der Waals surface area contributed by atoms with E-state index in [4.69, 9.17) is 4.74 Å². The third-order valence-electron chi connectivity index (χ3n) is 3.07. The number of phenols is 1. The second kappa shape index (κ2) is 7.26. The van der Waals surface area contributed by atoms with Gasteiger partial charge in [-0.2, -0.15) is 5.10 Å². The van der Waals surface area contributed by atoms with Gasteiger partial charge in [0.15, 0.2) is 0 Å². The fourth-order valence-electron chi connectivity index (χ4n) is 1.94. The number of hydrogen-bond donors (Lipinski definition) is 2. The summed E-state index contributed by atoms with van der Waals surface area (Å²) >= 11 is 0. The number of benzene rings is 2. The van der Waals surface area contributed by atoms with Crippen molar-refractivity contribution >= 4 is 12.1 Å². The van der Waals surface area contributed by atoms with E-state index in [2.05, 4.69) is 10.5 Å². The predicted molar refractivity (Wildman–Crippen MR) is 85.5 cm³/mol. The molecule has 0 bridgehead atoms. The monoisotopic (exact) mass is 298 g/mol. The molecule has 0 spiro atoms. The van der Waals surface area contributed by atoms with Crippen LogP contribution < -0.4 is 10.2 Å². The van der Waals surface area contributed by atoms with E-state index in [0.29, 0.717) is 23.5 Å². The van der Waals surface area contributed by atoms with Crippen molar-refractivity contribution in [3.05, 3.63) is 59.2 Å². The zero-order valence-electron chi connectivity index (χ0n) is 12.5. The number of nitrogens with one attached hydrogen (secondary N) is 1. The van der Waals surface area contributed by atoms with E-state index in [1.54, 1.807) is 24.3 Å². The number of hydrazone groups is 1. The van der Waals surface area contributed by atoms with Crippen LogP contribution in [0.15, 0.2) is 47.6 Å². The van der Waals surface area contributed by atoms with Crippen LogP contribution in [-0.2, 0) is 0 Å². The maximum absolute atomic E-state index is 12.0. The molecule has 2 N–H and O–H groups in total. The van der Waals surface area contributed by atoms with Crippen LogP contribution in [0.5, 0.6) is 11.5 Å². The molecular weight excluding hydrogens is 280 g/mol. The minimum atomic E-state index is -0.296. The number of aromatic hydroxyl groups is 1. The van der Waals surface area contributed by atoms with E-state index < -0.39 is 0 Å². The Labute approximate surface area is 129 Å². The Hall–Kier alpha value is -2.82. The van der Waals surface area contributed by atoms with E-state index in [0.717, 1.165) is 5.56 Å². The van der Waals surface area contributed by atoms with Gasteiger partial charge in [0.25, 0.3) is 5.91 Å². The number of hydrogen-bond acceptors (Lipinski definition) is 4. The third kappa shape index (κ3) is 3.85. The van der Waals surface area contributed by atoms with Crippen LogP contribution >= 0.6 is 0 Å². The summed E-state index contributed by atoms with van der Waals surface area (Å²) in [6.07, 6.45) is 1.38. The Balaban J connectivity index is 2.08. The van der Waals surface area contributed by atoms with Crippen LogP contribution in [0.2, 0.25) is 0 Å². The Bertz CT molecular complexity index is 696. The van der Waals surface area contributed by atoms with E-state index in [1.807, 2.05) is 26.0 Å². The van der Waals surface area contributed by atoms with E-state index >= 15 is 0 Å². The van der Waals surface area contributed by atoms with Crippen molar-refractivity contribution in [1.29, 1.82) is 0 Å². The van der Waals surface area contributed by atoms with Crippen LogP contribution in [0.1, 0.15) is 28.4 Å². The minimum Gasteiger partial charge on any atom is -0.507 e. The van der Waals surface area contributed by atoms with Crippen LogP contribution in [0, 0.1) is 6.92 Å². The molecule has 5 nitrogen and oxygen atoms in total. The van der Waals surface area contributed by atoms with Gasteiger partial charge in [-0.3, -0.25) is 4.79 Å². The largest absolute Gasteiger partial charge is 0.507 e. The average Bonchev–Trinajstić information content (AvgIpc) is 2.51. The number of rotatable bonds is 5. The molecule has 0 aliphatic rings. The second-order valence-electron chi connectivity index (χ2n) is 4.67. The molecule has 1 amide bonds. The highest BCUT2D eigenvalue weighted by Crippen LogP contribution is 2.21. The van der Waals surface area contributed by atoms with Gasteiger partial charge in [-0.15, -0.1) is 0 Å². The van der Waals surface area contributed by atoms with Gasteiger partial charge in [0.2, 0.25) is 0 Å². The van der Waals surface area contributed by atoms with Gasteiger partial charge < -0.3 is 9.84 Å². The number of ether oxygens (including phenoxy) is 1. The van der Waals surface area contributed by atoms with Crippen LogP contribution in [0.25, 0.3) is 0 Å². The van der Waals surface area contributed by atoms with Crippen molar-refractivity contribution in [2.24, 2.45) is 5.10 Å². The lowest BCUT2D eigenvalue weighted by Gasteiger charge is -2.05. The molecule has 2 aromatic rings. The molecule has 2 rings (SSSR count). The normalized spacial score (nSPS) is 10.6. The first kappa shape index (κ1) is 15.6. The summed E-state index contributed by atoms with van der Waals surface area (Å²) in [5.74, 6) is 0.402. The standard InChI is InChI=1S/C17H18N2O3/c1-3-22-14-8-9-16(20)13(10-14)11-18-19-17(21)15-7-5-4-6-12(15)2/h4-11,20H,3H2,1-2H3,(H,19,21)/b18-11+. The lowest BCUT2D eigenvalue weighted by molar-refractivity contribution is 0.0954. The van der Waals surface area contributed by atoms with Crippen molar-refractivity contribution in [1.82, 2.24) is 5.43 Å². The third-order valence-corrected chi connectivity index (χ3v) is 3.07. The zero-order chi connectivity index (χ0) is 15.9. The summed E-state index contributed by atoms with van der Waals surface area (Å²) in [5.41, 5.74) is 4.35. The fourth-order valence-corrected chi connectivity index (χ4v) is 1.94. The first-order valence-corrected chi connectivity index (χ1v) is 6.96. The fraction of sp³-hybridized carbons (Fsp3) is 0.176. The molecule has 0 aliphatic carbocycles. The molecule has 114 valence electrons. The number of amides is 1. The molecule has 0 aromatic heterocycles. The molecule has 0 saturated heterocycles. The highest BCUT2D eigenvalue weighted by molar-refractivity contribution is 5.96. The van der Waals surface area contributed by atoms with Gasteiger partial charge in [0.05, 0.1) is 12.8 Å². The van der Waals surface area contributed by atoms with Crippen LogP contribution in [0.4, 0.5) is 0 Å². The molecular formula is C17H18N2O3. The number of phenolic OH excluding ortho intramolecular Hbond substituents is 1. The summed E-state index contributed by atoms with van der Waals surface area (Å²) in [5, 5.41) is 13.7. The van der Waals surface area contributed by atoms with Crippen LogP contribution in [-0.4, -0.2) is 23.8 Å². The minimum absolute atomic E-state index is 0.0670. The van der Waals surface area contributed by atoms with Crippen molar-refractivity contribution < 1.29 is 14.6 Å². The molecule has 0 atom stereocenters. The Kier molecular flexibility index (Phi) is 5.14. The maximum Gasteiger partial charge on any atom is 0.271 e. The molecule has 5 heteroatoms. The molecule has 0 fully saturated rings. The molecule has 0 aliphatic heterocycles. The summed E-state index contributed by atoms with van der Waals surface area (Å²) in [6, 6.07) is 12.1. The van der Waals surface area contributed by atoms with E-state index in [1.165, 1.54) is 12.3 Å². The average molecular weight is 298 g/mol. The van der Waals surface area contributed by atoms with Gasteiger partial charge in [-0.25, -0.2) is 5.43 Å². The van der Waals surface area contributed by atoms with Crippen molar-refractivity contribution in [3.63, 3.8) is 0 Å². The van der Waals surface area contributed by atoms with Crippen molar-refractivity contribution in [2.75, 3.05) is 6.61 Å². The molecule has 2 aromatic carbocycles. The number of nitrogens with zero attached hydrogens (tertiary/aromatic N) is 1. The Morgan fingerprint density at radius 3 is 2.82 bits per heavy atom. The molecule has 0 saturated carbocycles. The first-order chi connectivity index (χ1) is 10.6. The SMILES string of the molecule is CCOc1ccc(O)c(/C=N/NC(=O)c2ccccc2C)c1. The summed E-state index contributed by atoms with van der Waals surface area (Å²) in [7, 11) is 0. The summed E-state index contributed by atoms with van der Waals surface area (Å²) in [6.45, 7) is 4.27. The lowest BCUT2D eigenvalue weighted by atomic mass is 10.1. The quantitative estimate of drug-likeness (QED) is 0.658.